The van der Waals surface area contributed by atoms with Crippen LogP contribution in [-0.4, -0.2) is 61.0 Å². The van der Waals surface area contributed by atoms with Gasteiger partial charge < -0.3 is 10.2 Å². The largest absolute Gasteiger partial charge is 0.336 e. The number of carbonyl (C=O) groups excluding carboxylic acids is 1. The molecule has 2 rings (SSSR count). The number of nitrogens with zero attached hydrogens (tertiary/aromatic N) is 2. The van der Waals surface area contributed by atoms with Gasteiger partial charge in [-0.1, -0.05) is 6.92 Å². The van der Waals surface area contributed by atoms with E-state index in [9.17, 15) is 4.79 Å². The third kappa shape index (κ3) is 2.53. The van der Waals surface area contributed by atoms with Crippen molar-refractivity contribution in [1.29, 1.82) is 0 Å². The second-order valence-corrected chi connectivity index (χ2v) is 5.06. The van der Waals surface area contributed by atoms with E-state index in [4.69, 9.17) is 0 Å². The van der Waals surface area contributed by atoms with Crippen molar-refractivity contribution in [3.63, 3.8) is 0 Å². The molecule has 2 heterocycles. The van der Waals surface area contributed by atoms with Crippen LogP contribution in [0.25, 0.3) is 0 Å². The third-order valence-corrected chi connectivity index (χ3v) is 3.99. The van der Waals surface area contributed by atoms with E-state index in [2.05, 4.69) is 24.1 Å². The third-order valence-electron chi connectivity index (χ3n) is 3.99. The van der Waals surface area contributed by atoms with Gasteiger partial charge in [-0.25, -0.2) is 0 Å². The molecule has 0 bridgehead atoms. The van der Waals surface area contributed by atoms with Gasteiger partial charge in [0.1, 0.15) is 0 Å². The lowest BCUT2D eigenvalue weighted by Crippen LogP contribution is -2.54. The Bertz CT molecular complexity index is 332. The fraction of sp³-hybridized carbons (Fsp3) is 0.769. The number of rotatable bonds is 2. The molecule has 1 unspecified atom stereocenters. The van der Waals surface area contributed by atoms with Gasteiger partial charge in [-0.15, -0.1) is 0 Å². The second-order valence-electron chi connectivity index (χ2n) is 5.06. The Labute approximate surface area is 104 Å². The minimum absolute atomic E-state index is 0.240. The van der Waals surface area contributed by atoms with Crippen LogP contribution < -0.4 is 5.32 Å². The van der Waals surface area contributed by atoms with E-state index in [-0.39, 0.29) is 5.91 Å². The summed E-state index contributed by atoms with van der Waals surface area (Å²) in [4.78, 5) is 16.7. The fourth-order valence-electron chi connectivity index (χ4n) is 2.55. The minimum atomic E-state index is 0.240. The van der Waals surface area contributed by atoms with Gasteiger partial charge in [-0.3, -0.25) is 9.69 Å². The average Bonchev–Trinajstić information content (AvgIpc) is 2.25. The molecule has 4 heteroatoms. The Kier molecular flexibility index (Phi) is 3.84. The van der Waals surface area contributed by atoms with E-state index in [1.165, 1.54) is 5.57 Å². The lowest BCUT2D eigenvalue weighted by atomic mass is 10.0. The van der Waals surface area contributed by atoms with E-state index < -0.39 is 0 Å². The molecule has 2 aliphatic heterocycles. The van der Waals surface area contributed by atoms with Crippen LogP contribution in [0.15, 0.2) is 11.1 Å². The molecule has 0 aromatic rings. The molecule has 2 saturated heterocycles. The lowest BCUT2D eigenvalue weighted by molar-refractivity contribution is -0.129. The number of nitrogens with one attached hydrogen (secondary N) is 1. The highest BCUT2D eigenvalue weighted by Gasteiger charge is 2.27. The summed E-state index contributed by atoms with van der Waals surface area (Å²) in [6.07, 6.45) is 0. The molecule has 2 aliphatic rings. The second kappa shape index (κ2) is 5.19. The zero-order valence-electron chi connectivity index (χ0n) is 11.1. The van der Waals surface area contributed by atoms with Crippen LogP contribution in [0.4, 0.5) is 0 Å². The van der Waals surface area contributed by atoms with Gasteiger partial charge in [0.05, 0.1) is 0 Å². The first-order valence-corrected chi connectivity index (χ1v) is 6.56. The summed E-state index contributed by atoms with van der Waals surface area (Å²) < 4.78 is 0. The van der Waals surface area contributed by atoms with Crippen LogP contribution in [0.1, 0.15) is 20.8 Å². The molecular formula is C13H23N3O. The van der Waals surface area contributed by atoms with Crippen LogP contribution in [-0.2, 0) is 4.79 Å². The SMILES string of the molecule is CCN1CCN(C(=O)C(C)=C2CNC2)CC1C. The zero-order valence-corrected chi connectivity index (χ0v) is 11.1. The van der Waals surface area contributed by atoms with Gasteiger partial charge in [0.25, 0.3) is 0 Å². The Balaban J connectivity index is 1.97. The number of amides is 1. The number of likely N-dealkylation sites (N-methyl/N-ethyl adjacent to an activating group) is 1. The van der Waals surface area contributed by atoms with Gasteiger partial charge in [0, 0.05) is 44.3 Å². The van der Waals surface area contributed by atoms with Crippen LogP contribution >= 0.6 is 0 Å². The van der Waals surface area contributed by atoms with Crippen LogP contribution in [0.5, 0.6) is 0 Å². The molecule has 1 amide bonds. The maximum absolute atomic E-state index is 12.3. The van der Waals surface area contributed by atoms with E-state index in [0.717, 1.165) is 44.8 Å². The smallest absolute Gasteiger partial charge is 0.249 e. The number of hydrogen-bond donors (Lipinski definition) is 1. The first-order chi connectivity index (χ1) is 8.13. The van der Waals surface area contributed by atoms with Crippen molar-refractivity contribution >= 4 is 5.91 Å². The average molecular weight is 237 g/mol. The first-order valence-electron chi connectivity index (χ1n) is 6.56. The van der Waals surface area contributed by atoms with Crippen LogP contribution in [0.2, 0.25) is 0 Å². The summed E-state index contributed by atoms with van der Waals surface area (Å²) >= 11 is 0. The van der Waals surface area contributed by atoms with Gasteiger partial charge in [-0.05, 0) is 26.0 Å². The highest BCUT2D eigenvalue weighted by molar-refractivity contribution is 5.94. The van der Waals surface area contributed by atoms with E-state index >= 15 is 0 Å². The number of piperazine rings is 1. The van der Waals surface area contributed by atoms with Crippen molar-refractivity contribution < 1.29 is 4.79 Å². The summed E-state index contributed by atoms with van der Waals surface area (Å²) in [5.74, 6) is 0.240. The lowest BCUT2D eigenvalue weighted by Gasteiger charge is -2.40. The fourth-order valence-corrected chi connectivity index (χ4v) is 2.55. The summed E-state index contributed by atoms with van der Waals surface area (Å²) in [6, 6.07) is 0.481. The number of carbonyl (C=O) groups is 1. The first kappa shape index (κ1) is 12.6. The molecule has 0 aliphatic carbocycles. The molecule has 0 spiro atoms. The Hall–Kier alpha value is -0.870. The Morgan fingerprint density at radius 1 is 1.41 bits per heavy atom. The van der Waals surface area contributed by atoms with Crippen molar-refractivity contribution in [1.82, 2.24) is 15.1 Å². The zero-order chi connectivity index (χ0) is 12.4. The van der Waals surface area contributed by atoms with Crippen molar-refractivity contribution in [3.05, 3.63) is 11.1 Å². The summed E-state index contributed by atoms with van der Waals surface area (Å²) in [7, 11) is 0. The quantitative estimate of drug-likeness (QED) is 0.709. The monoisotopic (exact) mass is 237 g/mol. The predicted octanol–water partition coefficient (Wildman–Crippen LogP) is 0.459. The predicted molar refractivity (Wildman–Crippen MR) is 68.9 cm³/mol. The molecule has 0 aromatic carbocycles. The topological polar surface area (TPSA) is 35.6 Å². The van der Waals surface area contributed by atoms with E-state index in [1.807, 2.05) is 11.8 Å². The van der Waals surface area contributed by atoms with Gasteiger partial charge in [0.2, 0.25) is 5.91 Å². The van der Waals surface area contributed by atoms with Crippen molar-refractivity contribution in [2.75, 3.05) is 39.3 Å². The molecule has 1 atom stereocenters. The maximum atomic E-state index is 12.3. The molecule has 4 nitrogen and oxygen atoms in total. The summed E-state index contributed by atoms with van der Waals surface area (Å²) in [6.45, 7) is 12.0. The van der Waals surface area contributed by atoms with E-state index in [1.54, 1.807) is 0 Å². The standard InChI is InChI=1S/C13H23N3O/c1-4-15-5-6-16(9-10(15)2)13(17)11(3)12-7-14-8-12/h10,14H,4-9H2,1-3H3. The van der Waals surface area contributed by atoms with Gasteiger partial charge in [-0.2, -0.15) is 0 Å². The molecule has 1 N–H and O–H groups in total. The van der Waals surface area contributed by atoms with Crippen molar-refractivity contribution in [2.45, 2.75) is 26.8 Å². The summed E-state index contributed by atoms with van der Waals surface area (Å²) in [5, 5.41) is 3.19. The molecule has 0 aromatic heterocycles. The van der Waals surface area contributed by atoms with Crippen molar-refractivity contribution in [2.24, 2.45) is 0 Å². The Morgan fingerprint density at radius 2 is 2.12 bits per heavy atom. The highest BCUT2D eigenvalue weighted by atomic mass is 16.2. The molecule has 96 valence electrons. The molecule has 0 radical (unpaired) electrons. The van der Waals surface area contributed by atoms with Gasteiger partial charge in [0.15, 0.2) is 0 Å². The minimum Gasteiger partial charge on any atom is -0.336 e. The van der Waals surface area contributed by atoms with Gasteiger partial charge >= 0.3 is 0 Å². The molecule has 0 saturated carbocycles. The molecule has 2 fully saturated rings. The van der Waals surface area contributed by atoms with Crippen molar-refractivity contribution in [3.8, 4) is 0 Å². The van der Waals surface area contributed by atoms with E-state index in [0.29, 0.717) is 6.04 Å². The van der Waals surface area contributed by atoms with Crippen LogP contribution in [0, 0.1) is 0 Å². The molecular weight excluding hydrogens is 214 g/mol. The number of hydrogen-bond acceptors (Lipinski definition) is 3. The normalized spacial score (nSPS) is 25.7. The highest BCUT2D eigenvalue weighted by Crippen LogP contribution is 2.15. The maximum Gasteiger partial charge on any atom is 0.249 e. The Morgan fingerprint density at radius 3 is 2.59 bits per heavy atom. The summed E-state index contributed by atoms with van der Waals surface area (Å²) in [5.41, 5.74) is 2.24. The van der Waals surface area contributed by atoms with Crippen LogP contribution in [0.3, 0.4) is 0 Å². The molecule has 17 heavy (non-hydrogen) atoms.